The van der Waals surface area contributed by atoms with Crippen LogP contribution in [0.3, 0.4) is 0 Å². The lowest BCUT2D eigenvalue weighted by Crippen LogP contribution is -2.26. The highest BCUT2D eigenvalue weighted by Gasteiger charge is 2.28. The fourth-order valence-electron chi connectivity index (χ4n) is 2.86. The van der Waals surface area contributed by atoms with Crippen molar-refractivity contribution >= 4 is 5.97 Å². The SMILES string of the molecule is Cc1ccc(CCc2ccc3c(c2F)OC(=O)C(C)C3)c(F)c1F. The third-order valence-electron chi connectivity index (χ3n) is 4.41. The number of rotatable bonds is 3. The summed E-state index contributed by atoms with van der Waals surface area (Å²) >= 11 is 0. The lowest BCUT2D eigenvalue weighted by molar-refractivity contribution is -0.139. The predicted molar refractivity (Wildman–Crippen MR) is 83.4 cm³/mol. The van der Waals surface area contributed by atoms with Gasteiger partial charge in [0, 0.05) is 0 Å². The molecule has 2 nitrogen and oxygen atoms in total. The molecular formula is C19H17F3O2. The first kappa shape index (κ1) is 16.6. The van der Waals surface area contributed by atoms with Gasteiger partial charge in [-0.05, 0) is 48.4 Å². The summed E-state index contributed by atoms with van der Waals surface area (Å²) in [4.78, 5) is 11.6. The van der Waals surface area contributed by atoms with E-state index in [0.717, 1.165) is 0 Å². The zero-order valence-electron chi connectivity index (χ0n) is 13.5. The summed E-state index contributed by atoms with van der Waals surface area (Å²) in [5.74, 6) is -3.15. The van der Waals surface area contributed by atoms with Crippen molar-refractivity contribution in [3.8, 4) is 5.75 Å². The lowest BCUT2D eigenvalue weighted by Gasteiger charge is -2.22. The molecule has 0 bridgehead atoms. The monoisotopic (exact) mass is 334 g/mol. The number of halogens is 3. The van der Waals surface area contributed by atoms with Gasteiger partial charge in [0.2, 0.25) is 0 Å². The Labute approximate surface area is 138 Å². The number of esters is 1. The van der Waals surface area contributed by atoms with E-state index in [9.17, 15) is 18.0 Å². The summed E-state index contributed by atoms with van der Waals surface area (Å²) in [6, 6.07) is 6.34. The van der Waals surface area contributed by atoms with Gasteiger partial charge < -0.3 is 4.74 Å². The van der Waals surface area contributed by atoms with Gasteiger partial charge in [0.25, 0.3) is 0 Å². The molecule has 5 heteroatoms. The maximum atomic E-state index is 14.6. The molecule has 2 aromatic carbocycles. The van der Waals surface area contributed by atoms with Gasteiger partial charge in [-0.25, -0.2) is 13.2 Å². The summed E-state index contributed by atoms with van der Waals surface area (Å²) in [5, 5.41) is 0. The first-order valence-electron chi connectivity index (χ1n) is 7.84. The van der Waals surface area contributed by atoms with E-state index in [1.807, 2.05) is 0 Å². The Kier molecular flexibility index (Phi) is 4.35. The van der Waals surface area contributed by atoms with Crippen LogP contribution < -0.4 is 4.74 Å². The number of ether oxygens (including phenoxy) is 1. The van der Waals surface area contributed by atoms with Crippen molar-refractivity contribution in [1.82, 2.24) is 0 Å². The van der Waals surface area contributed by atoms with Crippen LogP contribution in [0.15, 0.2) is 24.3 Å². The van der Waals surface area contributed by atoms with Gasteiger partial charge in [0.05, 0.1) is 5.92 Å². The van der Waals surface area contributed by atoms with Crippen LogP contribution in [0.2, 0.25) is 0 Å². The molecular weight excluding hydrogens is 317 g/mol. The van der Waals surface area contributed by atoms with Gasteiger partial charge in [0.1, 0.15) is 0 Å². The van der Waals surface area contributed by atoms with Gasteiger partial charge in [0.15, 0.2) is 23.2 Å². The Hall–Kier alpha value is -2.30. The van der Waals surface area contributed by atoms with Crippen molar-refractivity contribution in [2.45, 2.75) is 33.1 Å². The molecule has 0 amide bonds. The van der Waals surface area contributed by atoms with Gasteiger partial charge in [-0.1, -0.05) is 31.2 Å². The predicted octanol–water partition coefficient (Wildman–Crippen LogP) is 4.30. The van der Waals surface area contributed by atoms with Crippen molar-refractivity contribution in [3.63, 3.8) is 0 Å². The number of carbonyl (C=O) groups excluding carboxylic acids is 1. The van der Waals surface area contributed by atoms with E-state index < -0.39 is 23.4 Å². The first-order valence-corrected chi connectivity index (χ1v) is 7.84. The molecule has 0 saturated carbocycles. The van der Waals surface area contributed by atoms with Crippen molar-refractivity contribution in [1.29, 1.82) is 0 Å². The second kappa shape index (κ2) is 6.30. The molecule has 1 heterocycles. The zero-order chi connectivity index (χ0) is 17.4. The molecule has 1 aliphatic heterocycles. The molecule has 0 fully saturated rings. The molecule has 0 aliphatic carbocycles. The lowest BCUT2D eigenvalue weighted by atomic mass is 9.94. The molecule has 0 saturated heterocycles. The quantitative estimate of drug-likeness (QED) is 0.618. The smallest absolute Gasteiger partial charge is 0.314 e. The topological polar surface area (TPSA) is 26.3 Å². The summed E-state index contributed by atoms with van der Waals surface area (Å²) < 4.78 is 47.1. The van der Waals surface area contributed by atoms with E-state index in [2.05, 4.69) is 0 Å². The Balaban J connectivity index is 1.83. The number of benzene rings is 2. The van der Waals surface area contributed by atoms with Crippen LogP contribution in [0, 0.1) is 30.3 Å². The highest BCUT2D eigenvalue weighted by Crippen LogP contribution is 2.33. The number of hydrogen-bond acceptors (Lipinski definition) is 2. The van der Waals surface area contributed by atoms with Crippen LogP contribution in [0.25, 0.3) is 0 Å². The van der Waals surface area contributed by atoms with Crippen LogP contribution in [0.5, 0.6) is 5.75 Å². The number of carbonyl (C=O) groups is 1. The minimum absolute atomic E-state index is 0.0360. The molecule has 3 rings (SSSR count). The van der Waals surface area contributed by atoms with Crippen molar-refractivity contribution < 1.29 is 22.7 Å². The summed E-state index contributed by atoms with van der Waals surface area (Å²) in [7, 11) is 0. The third kappa shape index (κ3) is 2.90. The molecule has 1 atom stereocenters. The molecule has 1 aliphatic rings. The van der Waals surface area contributed by atoms with E-state index in [1.165, 1.54) is 19.1 Å². The van der Waals surface area contributed by atoms with E-state index in [4.69, 9.17) is 4.74 Å². The van der Waals surface area contributed by atoms with Gasteiger partial charge in [-0.3, -0.25) is 4.79 Å². The Morgan fingerprint density at radius 1 is 1.00 bits per heavy atom. The molecule has 126 valence electrons. The van der Waals surface area contributed by atoms with Crippen LogP contribution in [0.1, 0.15) is 29.2 Å². The molecule has 0 aromatic heterocycles. The van der Waals surface area contributed by atoms with Crippen LogP contribution in [-0.2, 0) is 24.1 Å². The fourth-order valence-corrected chi connectivity index (χ4v) is 2.86. The van der Waals surface area contributed by atoms with Crippen molar-refractivity contribution in [2.24, 2.45) is 5.92 Å². The zero-order valence-corrected chi connectivity index (χ0v) is 13.5. The fraction of sp³-hybridized carbons (Fsp3) is 0.316. The van der Waals surface area contributed by atoms with Crippen molar-refractivity contribution in [3.05, 3.63) is 64.0 Å². The molecule has 2 aromatic rings. The number of fused-ring (bicyclic) bond motifs is 1. The standard InChI is InChI=1S/C19H17F3O2/c1-10-3-4-12(16(21)15(10)20)5-6-13-7-8-14-9-11(2)19(23)24-18(14)17(13)22/h3-4,7-8,11H,5-6,9H2,1-2H3. The Morgan fingerprint density at radius 2 is 1.62 bits per heavy atom. The van der Waals surface area contributed by atoms with Crippen LogP contribution in [-0.4, -0.2) is 5.97 Å². The minimum Gasteiger partial charge on any atom is -0.423 e. The second-order valence-corrected chi connectivity index (χ2v) is 6.22. The average molecular weight is 334 g/mol. The number of hydrogen-bond donors (Lipinski definition) is 0. The Morgan fingerprint density at radius 3 is 2.33 bits per heavy atom. The molecule has 1 unspecified atom stereocenters. The van der Waals surface area contributed by atoms with Gasteiger partial charge in [-0.2, -0.15) is 0 Å². The normalized spacial score (nSPS) is 16.7. The van der Waals surface area contributed by atoms with Gasteiger partial charge >= 0.3 is 5.97 Å². The molecule has 0 N–H and O–H groups in total. The average Bonchev–Trinajstić information content (AvgIpc) is 2.56. The van der Waals surface area contributed by atoms with Crippen LogP contribution >= 0.6 is 0 Å². The summed E-state index contributed by atoms with van der Waals surface area (Å²) in [5.41, 5.74) is 1.39. The largest absolute Gasteiger partial charge is 0.423 e. The molecule has 24 heavy (non-hydrogen) atoms. The molecule has 0 radical (unpaired) electrons. The summed E-state index contributed by atoms with van der Waals surface area (Å²) in [6.07, 6.45) is 0.776. The van der Waals surface area contributed by atoms with Crippen LogP contribution in [0.4, 0.5) is 13.2 Å². The highest BCUT2D eigenvalue weighted by atomic mass is 19.2. The first-order chi connectivity index (χ1) is 11.4. The molecule has 0 spiro atoms. The van der Waals surface area contributed by atoms with Gasteiger partial charge in [-0.15, -0.1) is 0 Å². The summed E-state index contributed by atoms with van der Waals surface area (Å²) in [6.45, 7) is 3.21. The maximum Gasteiger partial charge on any atom is 0.314 e. The van der Waals surface area contributed by atoms with Crippen molar-refractivity contribution in [2.75, 3.05) is 0 Å². The second-order valence-electron chi connectivity index (χ2n) is 6.22. The Bertz CT molecular complexity index is 815. The highest BCUT2D eigenvalue weighted by molar-refractivity contribution is 5.77. The number of aryl methyl sites for hydroxylation is 3. The van der Waals surface area contributed by atoms with E-state index in [1.54, 1.807) is 19.1 Å². The van der Waals surface area contributed by atoms with E-state index in [-0.39, 0.29) is 35.6 Å². The third-order valence-corrected chi connectivity index (χ3v) is 4.41. The van der Waals surface area contributed by atoms with E-state index in [0.29, 0.717) is 17.5 Å². The maximum absolute atomic E-state index is 14.6. The minimum atomic E-state index is -0.895. The van der Waals surface area contributed by atoms with E-state index >= 15 is 0 Å².